The minimum Gasteiger partial charge on any atom is -0.263 e. The van der Waals surface area contributed by atoms with Gasteiger partial charge in [-0.1, -0.05) is 41.4 Å². The molecule has 0 aliphatic heterocycles. The van der Waals surface area contributed by atoms with Gasteiger partial charge >= 0.3 is 6.18 Å². The number of alkyl halides is 5. The van der Waals surface area contributed by atoms with Crippen LogP contribution >= 0.6 is 27.5 Å². The van der Waals surface area contributed by atoms with E-state index in [0.717, 1.165) is 0 Å². The molecular formula is C9H13BrClF3O3S. The maximum atomic E-state index is 12.8. The lowest BCUT2D eigenvalue weighted by atomic mass is 10.0. The van der Waals surface area contributed by atoms with Crippen LogP contribution in [0.15, 0.2) is 0 Å². The fourth-order valence-corrected chi connectivity index (χ4v) is 3.20. The Bertz CT molecular complexity index is 433. The highest BCUT2D eigenvalue weighted by molar-refractivity contribution is 9.10. The molecule has 0 aromatic carbocycles. The third-order valence-electron chi connectivity index (χ3n) is 2.97. The molecule has 0 bridgehead atoms. The Hall–Kier alpha value is 0.470. The van der Waals surface area contributed by atoms with Crippen LogP contribution in [-0.4, -0.2) is 30.7 Å². The van der Waals surface area contributed by atoms with Gasteiger partial charge in [-0.15, -0.1) is 0 Å². The molecule has 1 aliphatic carbocycles. The smallest absolute Gasteiger partial charge is 0.263 e. The van der Waals surface area contributed by atoms with Crippen molar-refractivity contribution in [2.45, 2.75) is 36.3 Å². The van der Waals surface area contributed by atoms with E-state index < -0.39 is 37.5 Å². The van der Waals surface area contributed by atoms with E-state index in [1.807, 2.05) is 0 Å². The quantitative estimate of drug-likeness (QED) is 0.561. The van der Waals surface area contributed by atoms with E-state index >= 15 is 0 Å². The van der Waals surface area contributed by atoms with Crippen LogP contribution in [0.4, 0.5) is 13.2 Å². The third-order valence-corrected chi connectivity index (χ3v) is 4.86. The minimum absolute atomic E-state index is 0.420. The van der Waals surface area contributed by atoms with E-state index in [1.165, 1.54) is 0 Å². The van der Waals surface area contributed by atoms with Crippen molar-refractivity contribution in [2.24, 2.45) is 11.3 Å². The zero-order chi connectivity index (χ0) is 14.6. The fourth-order valence-electron chi connectivity index (χ4n) is 1.75. The molecule has 0 N–H and O–H groups in total. The Morgan fingerprint density at radius 3 is 2.06 bits per heavy atom. The zero-order valence-electron chi connectivity index (χ0n) is 9.88. The first-order valence-electron chi connectivity index (χ1n) is 5.01. The van der Waals surface area contributed by atoms with Gasteiger partial charge in [-0.05, 0) is 17.8 Å². The van der Waals surface area contributed by atoms with Gasteiger partial charge in [0.1, 0.15) is 6.10 Å². The summed E-state index contributed by atoms with van der Waals surface area (Å²) in [6.45, 7) is 3.46. The Labute approximate surface area is 117 Å². The third kappa shape index (κ3) is 3.52. The first-order valence-corrected chi connectivity index (χ1v) is 8.00. The van der Waals surface area contributed by atoms with E-state index in [9.17, 15) is 21.6 Å². The lowest BCUT2D eigenvalue weighted by molar-refractivity contribution is -0.156. The number of halogens is 5. The molecule has 3 atom stereocenters. The van der Waals surface area contributed by atoms with Crippen molar-refractivity contribution in [3.05, 3.63) is 0 Å². The van der Waals surface area contributed by atoms with E-state index in [4.69, 9.17) is 11.6 Å². The van der Waals surface area contributed by atoms with Crippen molar-refractivity contribution in [2.75, 3.05) is 6.26 Å². The zero-order valence-corrected chi connectivity index (χ0v) is 13.0. The summed E-state index contributed by atoms with van der Waals surface area (Å²) in [4.78, 5) is 0. The molecule has 1 aliphatic rings. The summed E-state index contributed by atoms with van der Waals surface area (Å²) in [6, 6.07) is 0. The van der Waals surface area contributed by atoms with Crippen molar-refractivity contribution in [1.82, 2.24) is 0 Å². The summed E-state index contributed by atoms with van der Waals surface area (Å²) in [5.74, 6) is -0.578. The molecule has 9 heteroatoms. The molecule has 1 fully saturated rings. The standard InChI is InChI=1S/C9H13BrClF3O3S/c1-7(2)4-5(7)6(17-18(3,15)16)8(10,11)9(12,13)14/h5-6H,4H2,1-3H3. The molecule has 0 aromatic rings. The van der Waals surface area contributed by atoms with Crippen LogP contribution in [0.3, 0.4) is 0 Å². The van der Waals surface area contributed by atoms with Crippen LogP contribution in [0.2, 0.25) is 0 Å². The van der Waals surface area contributed by atoms with Crippen molar-refractivity contribution >= 4 is 37.6 Å². The van der Waals surface area contributed by atoms with Gasteiger partial charge in [0.2, 0.25) is 3.78 Å². The van der Waals surface area contributed by atoms with Gasteiger partial charge in [-0.3, -0.25) is 4.18 Å². The van der Waals surface area contributed by atoms with Crippen LogP contribution in [0.5, 0.6) is 0 Å². The van der Waals surface area contributed by atoms with E-state index in [2.05, 4.69) is 20.1 Å². The Morgan fingerprint density at radius 2 is 1.83 bits per heavy atom. The van der Waals surface area contributed by atoms with Crippen LogP contribution in [0, 0.1) is 11.3 Å². The molecule has 3 unspecified atom stereocenters. The number of hydrogen-bond donors (Lipinski definition) is 0. The second-order valence-corrected chi connectivity index (χ2v) is 9.05. The summed E-state index contributed by atoms with van der Waals surface area (Å²) in [5.41, 5.74) is -0.422. The Kier molecular flexibility index (Phi) is 4.13. The molecule has 108 valence electrons. The largest absolute Gasteiger partial charge is 0.420 e. The molecule has 1 saturated carbocycles. The lowest BCUT2D eigenvalue weighted by Gasteiger charge is -2.32. The monoisotopic (exact) mass is 372 g/mol. The average Bonchev–Trinajstić information content (AvgIpc) is 2.66. The molecule has 0 spiro atoms. The van der Waals surface area contributed by atoms with Gasteiger partial charge in [0.25, 0.3) is 10.1 Å². The van der Waals surface area contributed by atoms with E-state index in [1.54, 1.807) is 13.8 Å². The highest BCUT2D eigenvalue weighted by Gasteiger charge is 2.66. The van der Waals surface area contributed by atoms with Crippen molar-refractivity contribution < 1.29 is 25.8 Å². The van der Waals surface area contributed by atoms with E-state index in [-0.39, 0.29) is 0 Å². The van der Waals surface area contributed by atoms with Crippen LogP contribution in [-0.2, 0) is 14.3 Å². The first-order chi connectivity index (χ1) is 7.68. The van der Waals surface area contributed by atoms with Gasteiger partial charge in [0.15, 0.2) is 0 Å². The molecule has 18 heavy (non-hydrogen) atoms. The first kappa shape index (κ1) is 16.5. The number of rotatable bonds is 4. The van der Waals surface area contributed by atoms with Crippen molar-refractivity contribution in [1.29, 1.82) is 0 Å². The van der Waals surface area contributed by atoms with Gasteiger partial charge < -0.3 is 0 Å². The topological polar surface area (TPSA) is 43.4 Å². The summed E-state index contributed by atoms with van der Waals surface area (Å²) in [5, 5.41) is 0. The highest BCUT2D eigenvalue weighted by atomic mass is 79.9. The molecule has 0 aromatic heterocycles. The summed E-state index contributed by atoms with van der Waals surface area (Å²) < 4.78 is 62.4. The summed E-state index contributed by atoms with van der Waals surface area (Å²) in [7, 11) is -4.04. The summed E-state index contributed by atoms with van der Waals surface area (Å²) in [6.07, 6.45) is -5.40. The van der Waals surface area contributed by atoms with Gasteiger partial charge in [-0.25, -0.2) is 0 Å². The Balaban J connectivity index is 3.07. The average molecular weight is 374 g/mol. The fraction of sp³-hybridized carbons (Fsp3) is 1.00. The molecule has 0 radical (unpaired) electrons. The van der Waals surface area contributed by atoms with Gasteiger partial charge in [0, 0.05) is 0 Å². The van der Waals surface area contributed by atoms with Crippen LogP contribution in [0.25, 0.3) is 0 Å². The van der Waals surface area contributed by atoms with Crippen molar-refractivity contribution in [3.8, 4) is 0 Å². The second kappa shape index (κ2) is 4.49. The molecule has 0 amide bonds. The molecule has 3 nitrogen and oxygen atoms in total. The molecule has 0 saturated heterocycles. The predicted molar refractivity (Wildman–Crippen MR) is 65.2 cm³/mol. The van der Waals surface area contributed by atoms with Crippen molar-refractivity contribution in [3.63, 3.8) is 0 Å². The molecule has 0 heterocycles. The number of hydrogen-bond acceptors (Lipinski definition) is 3. The normalized spacial score (nSPS) is 28.6. The predicted octanol–water partition coefficient (Wildman–Crippen LogP) is 3.27. The highest BCUT2D eigenvalue weighted by Crippen LogP contribution is 2.61. The second-order valence-electron chi connectivity index (χ2n) is 5.14. The SMILES string of the molecule is CC1(C)CC1C(OS(C)(=O)=O)C(Cl)(Br)C(F)(F)F. The lowest BCUT2D eigenvalue weighted by Crippen LogP contribution is -2.48. The van der Waals surface area contributed by atoms with Gasteiger partial charge in [-0.2, -0.15) is 21.6 Å². The molecule has 1 rings (SSSR count). The minimum atomic E-state index is -4.83. The van der Waals surface area contributed by atoms with Crippen LogP contribution in [0.1, 0.15) is 20.3 Å². The maximum absolute atomic E-state index is 12.8. The van der Waals surface area contributed by atoms with Crippen LogP contribution < -0.4 is 0 Å². The van der Waals surface area contributed by atoms with E-state index in [0.29, 0.717) is 12.7 Å². The Morgan fingerprint density at radius 1 is 1.44 bits per heavy atom. The summed E-state index contributed by atoms with van der Waals surface area (Å²) >= 11 is 7.81. The molecular weight excluding hydrogens is 361 g/mol. The van der Waals surface area contributed by atoms with Gasteiger partial charge in [0.05, 0.1) is 6.26 Å². The maximum Gasteiger partial charge on any atom is 0.420 e.